The molecule has 0 rings (SSSR count). The van der Waals surface area contributed by atoms with Crippen LogP contribution in [0.15, 0.2) is 5.11 Å². The summed E-state index contributed by atoms with van der Waals surface area (Å²) in [4.78, 5) is 25.8. The van der Waals surface area contributed by atoms with Gasteiger partial charge in [0.15, 0.2) is 0 Å². The van der Waals surface area contributed by atoms with Crippen LogP contribution in [0.3, 0.4) is 0 Å². The second-order valence-corrected chi connectivity index (χ2v) is 5.96. The van der Waals surface area contributed by atoms with Gasteiger partial charge in [0, 0.05) is 24.0 Å². The summed E-state index contributed by atoms with van der Waals surface area (Å²) in [6.45, 7) is 7.99. The largest absolute Gasteiger partial charge is 0.450 e. The molecule has 0 radical (unpaired) electrons. The molecule has 1 atom stereocenters. The van der Waals surface area contributed by atoms with E-state index in [0.717, 1.165) is 12.8 Å². The third-order valence-electron chi connectivity index (χ3n) is 2.58. The molecule has 0 spiro atoms. The molecule has 2 N–H and O–H groups in total. The number of rotatable bonds is 9. The van der Waals surface area contributed by atoms with Crippen LogP contribution in [0.5, 0.6) is 0 Å². The van der Waals surface area contributed by atoms with E-state index in [1.807, 2.05) is 6.92 Å². The van der Waals surface area contributed by atoms with Crippen molar-refractivity contribution >= 4 is 12.2 Å². The minimum atomic E-state index is -0.573. The van der Waals surface area contributed by atoms with Gasteiger partial charge in [-0.25, -0.2) is 9.59 Å². The zero-order valence-electron chi connectivity index (χ0n) is 14.3. The van der Waals surface area contributed by atoms with Crippen molar-refractivity contribution in [3.8, 4) is 0 Å². The van der Waals surface area contributed by atoms with Crippen LogP contribution < -0.4 is 10.6 Å². The van der Waals surface area contributed by atoms with Crippen LogP contribution in [0, 0.1) is 0 Å². The summed E-state index contributed by atoms with van der Waals surface area (Å²) in [5.74, 6) is 0. The average molecular weight is 329 g/mol. The van der Waals surface area contributed by atoms with Gasteiger partial charge in [0.1, 0.15) is 5.60 Å². The Balaban J connectivity index is 4.21. The number of amides is 2. The number of carbonyl (C=O) groups excluding carboxylic acids is 2. The van der Waals surface area contributed by atoms with Crippen molar-refractivity contribution in [2.75, 3.05) is 19.7 Å². The Labute approximate surface area is 136 Å². The Morgan fingerprint density at radius 2 is 2.00 bits per heavy atom. The minimum Gasteiger partial charge on any atom is -0.450 e. The van der Waals surface area contributed by atoms with Crippen molar-refractivity contribution in [3.05, 3.63) is 10.4 Å². The van der Waals surface area contributed by atoms with E-state index in [2.05, 4.69) is 20.7 Å². The van der Waals surface area contributed by atoms with Crippen molar-refractivity contribution in [2.45, 2.75) is 58.6 Å². The van der Waals surface area contributed by atoms with E-state index in [1.54, 1.807) is 20.8 Å². The molecule has 0 saturated carbocycles. The molecule has 0 aliphatic heterocycles. The summed E-state index contributed by atoms with van der Waals surface area (Å²) in [6, 6.07) is -0.421. The van der Waals surface area contributed by atoms with E-state index in [1.165, 1.54) is 0 Å². The standard InChI is InChI=1S/C14H27N5O4/c1-5-6-9-22-13(21)18-11(10-17-19-15)7-8-16-12(20)23-14(2,3)4/h11H,5-10H2,1-4H3,(H,16,20)(H,18,21)/t11-/m0/s1. The van der Waals surface area contributed by atoms with Crippen LogP contribution in [0.1, 0.15) is 47.0 Å². The van der Waals surface area contributed by atoms with Crippen LogP contribution >= 0.6 is 0 Å². The number of carbonyl (C=O) groups is 2. The maximum absolute atomic E-state index is 11.6. The molecule has 0 saturated heterocycles. The Bertz CT molecular complexity index is 416. The molecule has 0 aliphatic carbocycles. The fourth-order valence-electron chi connectivity index (χ4n) is 1.52. The maximum Gasteiger partial charge on any atom is 0.407 e. The molecule has 0 aromatic rings. The molecule has 0 unspecified atom stereocenters. The number of alkyl carbamates (subject to hydrolysis) is 2. The molecule has 9 heteroatoms. The molecule has 9 nitrogen and oxygen atoms in total. The second kappa shape index (κ2) is 11.4. The van der Waals surface area contributed by atoms with Crippen LogP contribution in [0.25, 0.3) is 10.4 Å². The molecule has 0 aromatic heterocycles. The van der Waals surface area contributed by atoms with Gasteiger partial charge >= 0.3 is 12.2 Å². The molecular weight excluding hydrogens is 302 g/mol. The van der Waals surface area contributed by atoms with Gasteiger partial charge in [-0.1, -0.05) is 18.5 Å². The predicted octanol–water partition coefficient (Wildman–Crippen LogP) is 3.11. The number of hydrogen-bond donors (Lipinski definition) is 2. The number of nitrogens with one attached hydrogen (secondary N) is 2. The topological polar surface area (TPSA) is 125 Å². The van der Waals surface area contributed by atoms with Crippen LogP contribution in [0.2, 0.25) is 0 Å². The molecule has 0 fully saturated rings. The van der Waals surface area contributed by atoms with Gasteiger partial charge in [-0.3, -0.25) is 0 Å². The predicted molar refractivity (Wildman–Crippen MR) is 86.0 cm³/mol. The molecular formula is C14H27N5O4. The summed E-state index contributed by atoms with van der Waals surface area (Å²) in [5, 5.41) is 8.64. The summed E-state index contributed by atoms with van der Waals surface area (Å²) < 4.78 is 10.1. The minimum absolute atomic E-state index is 0.0787. The highest BCUT2D eigenvalue weighted by Gasteiger charge is 2.17. The van der Waals surface area contributed by atoms with Crippen molar-refractivity contribution in [1.82, 2.24) is 10.6 Å². The molecule has 0 aliphatic rings. The molecule has 0 bridgehead atoms. The van der Waals surface area contributed by atoms with Crippen LogP contribution in [-0.2, 0) is 9.47 Å². The second-order valence-electron chi connectivity index (χ2n) is 5.96. The first-order valence-corrected chi connectivity index (χ1v) is 7.69. The number of hydrogen-bond acceptors (Lipinski definition) is 5. The fraction of sp³-hybridized carbons (Fsp3) is 0.857. The van der Waals surface area contributed by atoms with Crippen molar-refractivity contribution in [2.24, 2.45) is 5.11 Å². The van der Waals surface area contributed by atoms with E-state index >= 15 is 0 Å². The number of nitrogens with zero attached hydrogens (tertiary/aromatic N) is 3. The summed E-state index contributed by atoms with van der Waals surface area (Å²) in [7, 11) is 0. The zero-order valence-corrected chi connectivity index (χ0v) is 14.3. The third-order valence-corrected chi connectivity index (χ3v) is 2.58. The van der Waals surface area contributed by atoms with E-state index in [-0.39, 0.29) is 13.1 Å². The van der Waals surface area contributed by atoms with Crippen molar-refractivity contribution < 1.29 is 19.1 Å². The van der Waals surface area contributed by atoms with Gasteiger partial charge in [-0.05, 0) is 39.1 Å². The Hall–Kier alpha value is -2.15. The summed E-state index contributed by atoms with van der Waals surface area (Å²) in [5.41, 5.74) is 7.81. The van der Waals surface area contributed by atoms with Gasteiger partial charge in [0.2, 0.25) is 0 Å². The molecule has 23 heavy (non-hydrogen) atoms. The lowest BCUT2D eigenvalue weighted by molar-refractivity contribution is 0.0526. The van der Waals surface area contributed by atoms with Gasteiger partial charge in [0.05, 0.1) is 6.61 Å². The first kappa shape index (κ1) is 20.9. The lowest BCUT2D eigenvalue weighted by atomic mass is 10.2. The third kappa shape index (κ3) is 13.2. The molecule has 132 valence electrons. The average Bonchev–Trinajstić information content (AvgIpc) is 2.42. The smallest absolute Gasteiger partial charge is 0.407 e. The normalized spacial score (nSPS) is 11.8. The zero-order chi connectivity index (χ0) is 17.7. The monoisotopic (exact) mass is 329 g/mol. The molecule has 0 heterocycles. The summed E-state index contributed by atoms with van der Waals surface area (Å²) >= 11 is 0. The van der Waals surface area contributed by atoms with Crippen molar-refractivity contribution in [1.29, 1.82) is 0 Å². The Morgan fingerprint density at radius 1 is 1.30 bits per heavy atom. The number of unbranched alkanes of at least 4 members (excludes halogenated alkanes) is 1. The highest BCUT2D eigenvalue weighted by Crippen LogP contribution is 2.06. The number of azide groups is 1. The van der Waals surface area contributed by atoms with E-state index in [4.69, 9.17) is 15.0 Å². The van der Waals surface area contributed by atoms with Gasteiger partial charge < -0.3 is 20.1 Å². The highest BCUT2D eigenvalue weighted by atomic mass is 16.6. The molecule has 2 amide bonds. The molecule has 0 aromatic carbocycles. The lowest BCUT2D eigenvalue weighted by Crippen LogP contribution is -2.41. The van der Waals surface area contributed by atoms with Gasteiger partial charge in [0.25, 0.3) is 0 Å². The van der Waals surface area contributed by atoms with Gasteiger partial charge in [-0.15, -0.1) is 0 Å². The number of ether oxygens (including phenoxy) is 2. The summed E-state index contributed by atoms with van der Waals surface area (Å²) in [6.07, 6.45) is 1.00. The van der Waals surface area contributed by atoms with E-state index < -0.39 is 23.8 Å². The van der Waals surface area contributed by atoms with Gasteiger partial charge in [-0.2, -0.15) is 0 Å². The lowest BCUT2D eigenvalue weighted by Gasteiger charge is -2.21. The first-order chi connectivity index (χ1) is 10.8. The quantitative estimate of drug-likeness (QED) is 0.292. The van der Waals surface area contributed by atoms with E-state index in [0.29, 0.717) is 13.0 Å². The van der Waals surface area contributed by atoms with Crippen molar-refractivity contribution in [3.63, 3.8) is 0 Å². The maximum atomic E-state index is 11.6. The fourth-order valence-corrected chi connectivity index (χ4v) is 1.52. The van der Waals surface area contributed by atoms with Crippen LogP contribution in [0.4, 0.5) is 9.59 Å². The highest BCUT2D eigenvalue weighted by molar-refractivity contribution is 5.68. The van der Waals surface area contributed by atoms with E-state index in [9.17, 15) is 9.59 Å². The Morgan fingerprint density at radius 3 is 2.57 bits per heavy atom. The SMILES string of the molecule is CCCCOC(=O)N[C@@H](CCNC(=O)OC(C)(C)C)CN=[N+]=[N-]. The van der Waals surface area contributed by atoms with Crippen LogP contribution in [-0.4, -0.2) is 43.5 Å². The Kier molecular flexibility index (Phi) is 10.4. The first-order valence-electron chi connectivity index (χ1n) is 7.69.